The molecule has 0 radical (unpaired) electrons. The van der Waals surface area contributed by atoms with Crippen LogP contribution in [0, 0.1) is 5.41 Å². The standard InChI is InChI=1S/C20H26ClN5O2/c1-2-22-19(26-10-7-20(13-26)8-11-27-14-20)23-9-6-17-24-18(25-28-17)15-4-3-5-16(21)12-15/h3-5,12H,2,6-11,13-14H2,1H3,(H,22,23). The summed E-state index contributed by atoms with van der Waals surface area (Å²) in [5.74, 6) is 2.09. The predicted molar refractivity (Wildman–Crippen MR) is 108 cm³/mol. The van der Waals surface area contributed by atoms with Gasteiger partial charge < -0.3 is 19.5 Å². The number of likely N-dealkylation sites (tertiary alicyclic amines) is 1. The van der Waals surface area contributed by atoms with Crippen LogP contribution in [0.3, 0.4) is 0 Å². The molecule has 2 aliphatic heterocycles. The van der Waals surface area contributed by atoms with Crippen LogP contribution in [0.1, 0.15) is 25.7 Å². The van der Waals surface area contributed by atoms with Gasteiger partial charge in [0, 0.05) is 48.7 Å². The molecule has 0 saturated carbocycles. The third-order valence-electron chi connectivity index (χ3n) is 5.40. The van der Waals surface area contributed by atoms with Gasteiger partial charge in [0.2, 0.25) is 11.7 Å². The molecule has 1 spiro atoms. The second-order valence-corrected chi connectivity index (χ2v) is 7.92. The number of aliphatic imine (C=N–C) groups is 1. The highest BCUT2D eigenvalue weighted by molar-refractivity contribution is 6.30. The number of hydrogen-bond donors (Lipinski definition) is 1. The van der Waals surface area contributed by atoms with Gasteiger partial charge in [-0.05, 0) is 31.9 Å². The zero-order chi connectivity index (χ0) is 19.4. The van der Waals surface area contributed by atoms with Crippen LogP contribution in [-0.4, -0.2) is 60.4 Å². The van der Waals surface area contributed by atoms with Crippen molar-refractivity contribution in [3.8, 4) is 11.4 Å². The fourth-order valence-electron chi connectivity index (χ4n) is 3.87. The number of nitrogens with zero attached hydrogens (tertiary/aromatic N) is 4. The van der Waals surface area contributed by atoms with Gasteiger partial charge in [-0.25, -0.2) is 0 Å². The fourth-order valence-corrected chi connectivity index (χ4v) is 4.06. The van der Waals surface area contributed by atoms with Crippen molar-refractivity contribution < 1.29 is 9.26 Å². The first kappa shape index (κ1) is 19.2. The van der Waals surface area contributed by atoms with Crippen molar-refractivity contribution in [2.24, 2.45) is 10.4 Å². The average Bonchev–Trinajstić information content (AvgIpc) is 3.44. The van der Waals surface area contributed by atoms with Crippen LogP contribution < -0.4 is 5.32 Å². The normalized spacial score (nSPS) is 22.4. The number of aromatic nitrogens is 2. The zero-order valence-corrected chi connectivity index (χ0v) is 16.9. The minimum Gasteiger partial charge on any atom is -0.381 e. The molecule has 1 atom stereocenters. The molecule has 2 fully saturated rings. The van der Waals surface area contributed by atoms with E-state index in [0.29, 0.717) is 35.1 Å². The van der Waals surface area contributed by atoms with E-state index in [0.717, 1.165) is 50.8 Å². The maximum atomic E-state index is 6.03. The summed E-state index contributed by atoms with van der Waals surface area (Å²) in [5, 5.41) is 8.11. The Morgan fingerprint density at radius 2 is 2.32 bits per heavy atom. The lowest BCUT2D eigenvalue weighted by Gasteiger charge is -2.24. The maximum absolute atomic E-state index is 6.03. The summed E-state index contributed by atoms with van der Waals surface area (Å²) in [4.78, 5) is 11.6. The molecular formula is C20H26ClN5O2. The van der Waals surface area contributed by atoms with Crippen LogP contribution in [-0.2, 0) is 11.2 Å². The quantitative estimate of drug-likeness (QED) is 0.611. The van der Waals surface area contributed by atoms with E-state index in [2.05, 4.69) is 27.3 Å². The number of guanidine groups is 1. The summed E-state index contributed by atoms with van der Waals surface area (Å²) < 4.78 is 11.0. The molecular weight excluding hydrogens is 378 g/mol. The number of ether oxygens (including phenoxy) is 1. The molecule has 28 heavy (non-hydrogen) atoms. The van der Waals surface area contributed by atoms with Gasteiger partial charge in [-0.3, -0.25) is 4.99 Å². The highest BCUT2D eigenvalue weighted by Gasteiger charge is 2.42. The molecule has 2 aliphatic rings. The third-order valence-corrected chi connectivity index (χ3v) is 5.63. The molecule has 7 nitrogen and oxygen atoms in total. The van der Waals surface area contributed by atoms with Crippen molar-refractivity contribution in [1.29, 1.82) is 0 Å². The number of halogens is 1. The second-order valence-electron chi connectivity index (χ2n) is 7.48. The van der Waals surface area contributed by atoms with Gasteiger partial charge in [0.25, 0.3) is 0 Å². The molecule has 0 aliphatic carbocycles. The molecule has 1 N–H and O–H groups in total. The Hall–Kier alpha value is -2.12. The van der Waals surface area contributed by atoms with Crippen molar-refractivity contribution in [3.05, 3.63) is 35.2 Å². The fraction of sp³-hybridized carbons (Fsp3) is 0.550. The zero-order valence-electron chi connectivity index (χ0n) is 16.2. The number of nitrogens with one attached hydrogen (secondary N) is 1. The molecule has 1 aromatic heterocycles. The second kappa shape index (κ2) is 8.49. The summed E-state index contributed by atoms with van der Waals surface area (Å²) in [5.41, 5.74) is 1.16. The van der Waals surface area contributed by atoms with E-state index in [-0.39, 0.29) is 0 Å². The van der Waals surface area contributed by atoms with E-state index >= 15 is 0 Å². The molecule has 8 heteroatoms. The van der Waals surface area contributed by atoms with Crippen LogP contribution in [0.2, 0.25) is 5.02 Å². The molecule has 0 bridgehead atoms. The smallest absolute Gasteiger partial charge is 0.228 e. The van der Waals surface area contributed by atoms with Gasteiger partial charge in [0.1, 0.15) is 0 Å². The summed E-state index contributed by atoms with van der Waals surface area (Å²) >= 11 is 6.03. The van der Waals surface area contributed by atoms with Gasteiger partial charge in [-0.1, -0.05) is 28.9 Å². The molecule has 4 rings (SSSR count). The van der Waals surface area contributed by atoms with Gasteiger partial charge in [0.15, 0.2) is 5.96 Å². The van der Waals surface area contributed by atoms with E-state index in [1.165, 1.54) is 6.42 Å². The Kier molecular flexibility index (Phi) is 5.82. The van der Waals surface area contributed by atoms with Crippen LogP contribution >= 0.6 is 11.6 Å². The lowest BCUT2D eigenvalue weighted by Crippen LogP contribution is -2.41. The SMILES string of the molecule is CCNC(=NCCc1nc(-c2cccc(Cl)c2)no1)N1CCC2(CCOC2)C1. The van der Waals surface area contributed by atoms with Crippen molar-refractivity contribution in [1.82, 2.24) is 20.4 Å². The Balaban J connectivity index is 1.37. The van der Waals surface area contributed by atoms with E-state index in [1.54, 1.807) is 0 Å². The van der Waals surface area contributed by atoms with E-state index in [4.69, 9.17) is 25.9 Å². The Bertz CT molecular complexity index is 832. The summed E-state index contributed by atoms with van der Waals surface area (Å²) in [6, 6.07) is 7.44. The highest BCUT2D eigenvalue weighted by atomic mass is 35.5. The molecule has 2 saturated heterocycles. The molecule has 150 valence electrons. The van der Waals surface area contributed by atoms with Gasteiger partial charge >= 0.3 is 0 Å². The van der Waals surface area contributed by atoms with Crippen LogP contribution in [0.25, 0.3) is 11.4 Å². The molecule has 2 aromatic rings. The maximum Gasteiger partial charge on any atom is 0.228 e. The lowest BCUT2D eigenvalue weighted by atomic mass is 9.87. The largest absolute Gasteiger partial charge is 0.381 e. The molecule has 0 amide bonds. The Labute approximate surface area is 170 Å². The molecule has 3 heterocycles. The van der Waals surface area contributed by atoms with Gasteiger partial charge in [-0.15, -0.1) is 0 Å². The van der Waals surface area contributed by atoms with Crippen LogP contribution in [0.15, 0.2) is 33.8 Å². The molecule has 1 aromatic carbocycles. The number of rotatable bonds is 5. The topological polar surface area (TPSA) is 75.8 Å². The van der Waals surface area contributed by atoms with E-state index < -0.39 is 0 Å². The monoisotopic (exact) mass is 403 g/mol. The first-order valence-electron chi connectivity index (χ1n) is 9.87. The Morgan fingerprint density at radius 3 is 3.11 bits per heavy atom. The van der Waals surface area contributed by atoms with E-state index in [9.17, 15) is 0 Å². The highest BCUT2D eigenvalue weighted by Crippen LogP contribution is 2.38. The minimum atomic E-state index is 0.314. The average molecular weight is 404 g/mol. The van der Waals surface area contributed by atoms with Gasteiger partial charge in [-0.2, -0.15) is 4.98 Å². The van der Waals surface area contributed by atoms with Crippen LogP contribution in [0.4, 0.5) is 0 Å². The summed E-state index contributed by atoms with van der Waals surface area (Å²) in [6.07, 6.45) is 2.92. The van der Waals surface area contributed by atoms with Crippen molar-refractivity contribution in [2.45, 2.75) is 26.2 Å². The number of hydrogen-bond acceptors (Lipinski definition) is 5. The third kappa shape index (κ3) is 4.31. The summed E-state index contributed by atoms with van der Waals surface area (Å²) in [6.45, 7) is 7.32. The van der Waals surface area contributed by atoms with Gasteiger partial charge in [0.05, 0.1) is 13.2 Å². The van der Waals surface area contributed by atoms with Crippen LogP contribution in [0.5, 0.6) is 0 Å². The Morgan fingerprint density at radius 1 is 1.39 bits per heavy atom. The van der Waals surface area contributed by atoms with Crippen molar-refractivity contribution >= 4 is 17.6 Å². The van der Waals surface area contributed by atoms with Crippen molar-refractivity contribution in [2.75, 3.05) is 39.4 Å². The molecule has 1 unspecified atom stereocenters. The first-order valence-corrected chi connectivity index (χ1v) is 10.2. The predicted octanol–water partition coefficient (Wildman–Crippen LogP) is 3.01. The number of benzene rings is 1. The van der Waals surface area contributed by atoms with Crippen molar-refractivity contribution in [3.63, 3.8) is 0 Å². The van der Waals surface area contributed by atoms with E-state index in [1.807, 2.05) is 24.3 Å². The lowest BCUT2D eigenvalue weighted by molar-refractivity contribution is 0.156. The minimum absolute atomic E-state index is 0.314. The summed E-state index contributed by atoms with van der Waals surface area (Å²) in [7, 11) is 0. The first-order chi connectivity index (χ1) is 13.7.